The minimum atomic E-state index is -0.680. The molecule has 100 valence electrons. The molecule has 0 saturated carbocycles. The molecule has 17 heavy (non-hydrogen) atoms. The fourth-order valence-corrected chi connectivity index (χ4v) is 2.65. The lowest BCUT2D eigenvalue weighted by Crippen LogP contribution is -2.45. The Kier molecular flexibility index (Phi) is 5.91. The van der Waals surface area contributed by atoms with Crippen LogP contribution in [0.2, 0.25) is 0 Å². The molecular formula is C10H16ClIO5. The van der Waals surface area contributed by atoms with E-state index >= 15 is 0 Å². The monoisotopic (exact) mass is 378 g/mol. The van der Waals surface area contributed by atoms with Gasteiger partial charge in [0.15, 0.2) is 11.9 Å². The molecule has 1 aliphatic rings. The van der Waals surface area contributed by atoms with Gasteiger partial charge >= 0.3 is 0 Å². The van der Waals surface area contributed by atoms with E-state index in [-0.39, 0.29) is 9.49 Å². The van der Waals surface area contributed by atoms with Crippen LogP contribution in [0.5, 0.6) is 0 Å². The topological polar surface area (TPSA) is 54.0 Å². The van der Waals surface area contributed by atoms with Gasteiger partial charge in [0.2, 0.25) is 0 Å². The molecule has 0 aromatic carbocycles. The summed E-state index contributed by atoms with van der Waals surface area (Å²) < 4.78 is 21.0. The van der Waals surface area contributed by atoms with Gasteiger partial charge in [-0.2, -0.15) is 0 Å². The molecule has 1 heterocycles. The van der Waals surface area contributed by atoms with Crippen molar-refractivity contribution >= 4 is 40.7 Å². The van der Waals surface area contributed by atoms with Crippen LogP contribution in [0.1, 0.15) is 13.8 Å². The van der Waals surface area contributed by atoms with Crippen molar-refractivity contribution in [2.24, 2.45) is 0 Å². The molecule has 5 nitrogen and oxygen atoms in total. The Bertz CT molecular complexity index is 261. The highest BCUT2D eigenvalue weighted by Crippen LogP contribution is 2.30. The number of halogens is 2. The Balaban J connectivity index is 2.75. The van der Waals surface area contributed by atoms with Gasteiger partial charge in [0.05, 0.1) is 6.61 Å². The first-order valence-corrected chi connectivity index (χ1v) is 6.81. The van der Waals surface area contributed by atoms with Crippen molar-refractivity contribution in [1.29, 1.82) is 0 Å². The van der Waals surface area contributed by atoms with E-state index in [4.69, 9.17) is 30.5 Å². The number of carbonyl (C=O) groups excluding carboxylic acids is 1. The molecule has 0 bridgehead atoms. The van der Waals surface area contributed by atoms with E-state index in [1.165, 1.54) is 7.11 Å². The zero-order valence-electron chi connectivity index (χ0n) is 9.89. The molecule has 7 heteroatoms. The number of ether oxygens (including phenoxy) is 4. The van der Waals surface area contributed by atoms with Gasteiger partial charge in [0.25, 0.3) is 6.47 Å². The Labute approximate surface area is 119 Å². The maximum absolute atomic E-state index is 10.6. The van der Waals surface area contributed by atoms with Gasteiger partial charge < -0.3 is 18.9 Å². The number of rotatable bonds is 6. The Morgan fingerprint density at radius 1 is 1.59 bits per heavy atom. The van der Waals surface area contributed by atoms with Gasteiger partial charge in [-0.25, -0.2) is 0 Å². The molecule has 1 unspecified atom stereocenters. The van der Waals surface area contributed by atoms with Crippen LogP contribution >= 0.6 is 34.2 Å². The first-order valence-electron chi connectivity index (χ1n) is 5.13. The highest BCUT2D eigenvalue weighted by molar-refractivity contribution is 14.1. The largest absolute Gasteiger partial charge is 0.459 e. The predicted octanol–water partition coefficient (Wildman–Crippen LogP) is 1.69. The highest BCUT2D eigenvalue weighted by atomic mass is 127. The predicted molar refractivity (Wildman–Crippen MR) is 70.3 cm³/mol. The smallest absolute Gasteiger partial charge is 0.293 e. The lowest BCUT2D eigenvalue weighted by molar-refractivity contribution is -0.174. The van der Waals surface area contributed by atoms with Crippen molar-refractivity contribution in [3.8, 4) is 0 Å². The summed E-state index contributed by atoms with van der Waals surface area (Å²) in [4.78, 5) is 10.6. The van der Waals surface area contributed by atoms with Crippen molar-refractivity contribution in [3.05, 3.63) is 0 Å². The third-order valence-electron chi connectivity index (χ3n) is 2.45. The van der Waals surface area contributed by atoms with Crippen LogP contribution in [-0.2, 0) is 23.7 Å². The molecule has 0 radical (unpaired) electrons. The molecule has 0 spiro atoms. The third kappa shape index (κ3) is 4.20. The normalized spacial score (nSPS) is 28.4. The van der Waals surface area contributed by atoms with Crippen LogP contribution in [-0.4, -0.2) is 47.7 Å². The molecule has 0 amide bonds. The third-order valence-corrected chi connectivity index (χ3v) is 3.41. The van der Waals surface area contributed by atoms with Gasteiger partial charge in [-0.05, 0) is 13.8 Å². The number of alkyl halides is 2. The van der Waals surface area contributed by atoms with Gasteiger partial charge in [-0.1, -0.05) is 22.6 Å². The van der Waals surface area contributed by atoms with Crippen molar-refractivity contribution in [2.45, 2.75) is 41.3 Å². The summed E-state index contributed by atoms with van der Waals surface area (Å²) in [6.07, 6.45) is -1.42. The summed E-state index contributed by atoms with van der Waals surface area (Å²) in [5.41, 5.74) is 0. The number of hydrogen-bond acceptors (Lipinski definition) is 5. The van der Waals surface area contributed by atoms with Crippen LogP contribution in [0.15, 0.2) is 0 Å². The molecule has 1 aliphatic heterocycles. The molecule has 0 aromatic rings. The zero-order chi connectivity index (χ0) is 13.1. The Morgan fingerprint density at radius 3 is 2.59 bits per heavy atom. The van der Waals surface area contributed by atoms with E-state index in [0.29, 0.717) is 13.1 Å². The van der Waals surface area contributed by atoms with Gasteiger partial charge in [-0.15, -0.1) is 11.6 Å². The van der Waals surface area contributed by atoms with Crippen molar-refractivity contribution in [2.75, 3.05) is 13.7 Å². The number of carbonyl (C=O) groups is 1. The lowest BCUT2D eigenvalue weighted by atomic mass is 10.1. The van der Waals surface area contributed by atoms with E-state index in [1.54, 1.807) is 13.8 Å². The van der Waals surface area contributed by atoms with Crippen LogP contribution in [0.25, 0.3) is 0 Å². The first-order chi connectivity index (χ1) is 7.91. The second-order valence-electron chi connectivity index (χ2n) is 4.10. The quantitative estimate of drug-likeness (QED) is 0.400. The maximum atomic E-state index is 10.6. The lowest BCUT2D eigenvalue weighted by Gasteiger charge is -2.29. The van der Waals surface area contributed by atoms with Gasteiger partial charge in [0, 0.05) is 7.11 Å². The minimum Gasteiger partial charge on any atom is -0.459 e. The van der Waals surface area contributed by atoms with Gasteiger partial charge in [-0.3, -0.25) is 4.79 Å². The van der Waals surface area contributed by atoms with E-state index in [9.17, 15) is 4.79 Å². The van der Waals surface area contributed by atoms with Crippen molar-refractivity contribution in [3.63, 3.8) is 0 Å². The Morgan fingerprint density at radius 2 is 2.24 bits per heavy atom. The molecule has 4 atom stereocenters. The van der Waals surface area contributed by atoms with Crippen LogP contribution < -0.4 is 0 Å². The van der Waals surface area contributed by atoms with Crippen molar-refractivity contribution in [1.82, 2.24) is 0 Å². The summed E-state index contributed by atoms with van der Waals surface area (Å²) >= 11 is 8.00. The Hall–Kier alpha value is 0.370. The second-order valence-corrected chi connectivity index (χ2v) is 6.65. The standard InChI is InChI=1S/C10H16ClIO5/c1-10(2)16-4-6(17-10)7(15-5-13)8(14-3)9(11)12/h5-9H,4H2,1-3H3/t6-,7+,8+,9?/m1/s1. The van der Waals surface area contributed by atoms with Crippen LogP contribution in [0.3, 0.4) is 0 Å². The zero-order valence-corrected chi connectivity index (χ0v) is 12.8. The van der Waals surface area contributed by atoms with E-state index < -0.39 is 18.0 Å². The van der Waals surface area contributed by atoms with E-state index in [0.717, 1.165) is 0 Å². The summed E-state index contributed by atoms with van der Waals surface area (Å²) in [6.45, 7) is 4.32. The number of hydrogen-bond donors (Lipinski definition) is 0. The second kappa shape index (κ2) is 6.51. The van der Waals surface area contributed by atoms with Crippen LogP contribution in [0, 0.1) is 0 Å². The number of methoxy groups -OCH3 is 1. The molecule has 1 saturated heterocycles. The summed E-state index contributed by atoms with van der Waals surface area (Å²) in [6, 6.07) is 0. The average Bonchev–Trinajstić information content (AvgIpc) is 2.58. The fourth-order valence-electron chi connectivity index (χ4n) is 1.70. The summed E-state index contributed by atoms with van der Waals surface area (Å²) in [7, 11) is 1.51. The molecule has 1 rings (SSSR count). The summed E-state index contributed by atoms with van der Waals surface area (Å²) in [5.74, 6) is -0.680. The van der Waals surface area contributed by atoms with Gasteiger partial charge in [0.1, 0.15) is 15.6 Å². The first kappa shape index (κ1) is 15.4. The SMILES string of the molecule is CO[C@H](C(Cl)I)[C@@H](OC=O)[C@H]1COC(C)(C)O1. The van der Waals surface area contributed by atoms with Crippen LogP contribution in [0.4, 0.5) is 0 Å². The molecular weight excluding hydrogens is 362 g/mol. The molecule has 0 aliphatic carbocycles. The average molecular weight is 379 g/mol. The van der Waals surface area contributed by atoms with E-state index in [2.05, 4.69) is 0 Å². The van der Waals surface area contributed by atoms with Crippen molar-refractivity contribution < 1.29 is 23.7 Å². The summed E-state index contributed by atoms with van der Waals surface area (Å²) in [5, 5.41) is 0. The maximum Gasteiger partial charge on any atom is 0.293 e. The molecule has 0 N–H and O–H groups in total. The molecule has 0 aromatic heterocycles. The fraction of sp³-hybridized carbons (Fsp3) is 0.900. The minimum absolute atomic E-state index is 0.338. The highest BCUT2D eigenvalue weighted by Gasteiger charge is 2.43. The molecule has 1 fully saturated rings. The van der Waals surface area contributed by atoms with E-state index in [1.807, 2.05) is 22.6 Å².